The van der Waals surface area contributed by atoms with E-state index in [1.807, 2.05) is 30.3 Å². The Hall–Kier alpha value is -3.90. The van der Waals surface area contributed by atoms with Crippen molar-refractivity contribution in [3.8, 4) is 0 Å². The van der Waals surface area contributed by atoms with Gasteiger partial charge in [-0.1, -0.05) is 72.3 Å². The molecule has 42 heavy (non-hydrogen) atoms. The molecule has 1 aromatic heterocycles. The summed E-state index contributed by atoms with van der Waals surface area (Å²) in [6.45, 7) is 11.9. The van der Waals surface area contributed by atoms with Crippen LogP contribution >= 0.6 is 0 Å². The molecule has 4 aromatic rings. The van der Waals surface area contributed by atoms with Gasteiger partial charge in [-0.2, -0.15) is 0 Å². The van der Waals surface area contributed by atoms with E-state index in [1.165, 1.54) is 16.7 Å². The number of amides is 1. The first-order chi connectivity index (χ1) is 20.5. The van der Waals surface area contributed by atoms with E-state index in [9.17, 15) is 4.79 Å². The predicted molar refractivity (Wildman–Crippen MR) is 172 cm³/mol. The van der Waals surface area contributed by atoms with Crippen molar-refractivity contribution < 1.29 is 4.79 Å². The Morgan fingerprint density at radius 3 is 2.38 bits per heavy atom. The third-order valence-corrected chi connectivity index (χ3v) is 9.14. The number of carbonyl (C=O) groups excluding carboxylic acids is 1. The molecule has 2 aliphatic heterocycles. The summed E-state index contributed by atoms with van der Waals surface area (Å²) in [5, 5.41) is 0. The minimum atomic E-state index is -0.0178. The summed E-state index contributed by atoms with van der Waals surface area (Å²) < 4.78 is 2.37. The van der Waals surface area contributed by atoms with Crippen molar-refractivity contribution in [2.75, 3.05) is 50.7 Å². The van der Waals surface area contributed by atoms with Gasteiger partial charge in [0.15, 0.2) is 0 Å². The molecule has 0 radical (unpaired) electrons. The van der Waals surface area contributed by atoms with E-state index in [0.717, 1.165) is 88.6 Å². The number of nitrogens with zero attached hydrogens (tertiary/aromatic N) is 5. The third kappa shape index (κ3) is 6.00. The van der Waals surface area contributed by atoms with Gasteiger partial charge in [-0.25, -0.2) is 4.98 Å². The summed E-state index contributed by atoms with van der Waals surface area (Å²) in [5.41, 5.74) is 5.71. The van der Waals surface area contributed by atoms with E-state index in [-0.39, 0.29) is 11.3 Å². The second kappa shape index (κ2) is 12.5. The molecule has 6 heteroatoms. The van der Waals surface area contributed by atoms with Crippen LogP contribution in [0.1, 0.15) is 49.0 Å². The van der Waals surface area contributed by atoms with Gasteiger partial charge in [-0.05, 0) is 76.0 Å². The molecule has 6 nitrogen and oxygen atoms in total. The molecule has 6 rings (SSSR count). The zero-order valence-corrected chi connectivity index (χ0v) is 25.1. The van der Waals surface area contributed by atoms with Gasteiger partial charge < -0.3 is 19.3 Å². The van der Waals surface area contributed by atoms with Crippen LogP contribution in [0.15, 0.2) is 96.6 Å². The molecule has 2 fully saturated rings. The molecule has 2 saturated heterocycles. The second-order valence-electron chi connectivity index (χ2n) is 12.2. The zero-order chi connectivity index (χ0) is 28.9. The van der Waals surface area contributed by atoms with Crippen molar-refractivity contribution in [1.82, 2.24) is 19.4 Å². The fraction of sp³-hybridized carbons (Fsp3) is 0.389. The monoisotopic (exact) mass is 561 g/mol. The molecule has 0 aliphatic carbocycles. The van der Waals surface area contributed by atoms with E-state index >= 15 is 0 Å². The van der Waals surface area contributed by atoms with Gasteiger partial charge in [0.25, 0.3) is 5.91 Å². The van der Waals surface area contributed by atoms with Gasteiger partial charge >= 0.3 is 0 Å². The highest BCUT2D eigenvalue weighted by Gasteiger charge is 2.41. The van der Waals surface area contributed by atoms with Crippen LogP contribution in [-0.4, -0.2) is 71.1 Å². The average Bonchev–Trinajstić information content (AvgIpc) is 3.55. The topological polar surface area (TPSA) is 44.6 Å². The van der Waals surface area contributed by atoms with Crippen molar-refractivity contribution in [1.29, 1.82) is 0 Å². The molecule has 1 unspecified atom stereocenters. The van der Waals surface area contributed by atoms with Crippen molar-refractivity contribution in [2.24, 2.45) is 0 Å². The lowest BCUT2D eigenvalue weighted by atomic mass is 9.76. The largest absolute Gasteiger partial charge is 0.341 e. The molecule has 0 bridgehead atoms. The van der Waals surface area contributed by atoms with Crippen LogP contribution in [0.2, 0.25) is 0 Å². The van der Waals surface area contributed by atoms with Gasteiger partial charge in [0.05, 0.1) is 11.0 Å². The van der Waals surface area contributed by atoms with Gasteiger partial charge in [-0.3, -0.25) is 4.79 Å². The van der Waals surface area contributed by atoms with Crippen molar-refractivity contribution in [3.05, 3.63) is 108 Å². The van der Waals surface area contributed by atoms with Gasteiger partial charge in [0, 0.05) is 50.2 Å². The standard InChI is InChI=1S/C36H43N5O/c1-29(2)18-23-41-33-17-10-9-16-32(33)37-35(41)39-22-11-21-38(26-27-39)24-19-36(31-14-7-4-8-15-31)20-25-40(28-36)34(42)30-12-5-3-6-13-30/h3-10,12-18H,11,19-28H2,1-2H3. The van der Waals surface area contributed by atoms with Crippen LogP contribution in [0.5, 0.6) is 0 Å². The minimum Gasteiger partial charge on any atom is -0.341 e. The highest BCUT2D eigenvalue weighted by Crippen LogP contribution is 2.38. The van der Waals surface area contributed by atoms with Crippen molar-refractivity contribution in [2.45, 2.75) is 45.1 Å². The maximum Gasteiger partial charge on any atom is 0.253 e. The zero-order valence-electron chi connectivity index (χ0n) is 25.1. The number of imidazole rings is 1. The van der Waals surface area contributed by atoms with Crippen molar-refractivity contribution >= 4 is 22.9 Å². The molecule has 2 aliphatic rings. The molecular weight excluding hydrogens is 518 g/mol. The van der Waals surface area contributed by atoms with E-state index in [4.69, 9.17) is 4.98 Å². The van der Waals surface area contributed by atoms with Crippen LogP contribution in [0.3, 0.4) is 0 Å². The third-order valence-electron chi connectivity index (χ3n) is 9.14. The maximum absolute atomic E-state index is 13.4. The van der Waals surface area contributed by atoms with Gasteiger partial charge in [0.2, 0.25) is 5.95 Å². The van der Waals surface area contributed by atoms with Crippen LogP contribution in [0, 0.1) is 0 Å². The fourth-order valence-corrected chi connectivity index (χ4v) is 6.71. The lowest BCUT2D eigenvalue weighted by Gasteiger charge is -2.33. The number of rotatable bonds is 8. The van der Waals surface area contributed by atoms with Crippen LogP contribution in [0.4, 0.5) is 5.95 Å². The summed E-state index contributed by atoms with van der Waals surface area (Å²) in [4.78, 5) is 25.7. The average molecular weight is 562 g/mol. The van der Waals surface area contributed by atoms with Crippen molar-refractivity contribution in [3.63, 3.8) is 0 Å². The predicted octanol–water partition coefficient (Wildman–Crippen LogP) is 6.39. The van der Waals surface area contributed by atoms with E-state index in [1.54, 1.807) is 0 Å². The highest BCUT2D eigenvalue weighted by molar-refractivity contribution is 5.94. The first-order valence-corrected chi connectivity index (χ1v) is 15.5. The number of allylic oxidation sites excluding steroid dienone is 2. The second-order valence-corrected chi connectivity index (χ2v) is 12.2. The summed E-state index contributed by atoms with van der Waals surface area (Å²) >= 11 is 0. The fourth-order valence-electron chi connectivity index (χ4n) is 6.71. The van der Waals surface area contributed by atoms with E-state index < -0.39 is 0 Å². The number of hydrogen-bond acceptors (Lipinski definition) is 4. The number of fused-ring (bicyclic) bond motifs is 1. The van der Waals surface area contributed by atoms with Crippen LogP contribution < -0.4 is 4.90 Å². The number of hydrogen-bond donors (Lipinski definition) is 0. The number of likely N-dealkylation sites (tertiary alicyclic amines) is 1. The molecule has 1 atom stereocenters. The Balaban J connectivity index is 1.16. The Labute approximate surface area is 250 Å². The highest BCUT2D eigenvalue weighted by atomic mass is 16.2. The number of aromatic nitrogens is 2. The molecule has 1 amide bonds. The Morgan fingerprint density at radius 1 is 0.857 bits per heavy atom. The van der Waals surface area contributed by atoms with Crippen LogP contribution in [-0.2, 0) is 12.0 Å². The molecule has 0 N–H and O–H groups in total. The minimum absolute atomic E-state index is 0.0178. The Kier molecular flexibility index (Phi) is 8.43. The van der Waals surface area contributed by atoms with Crippen LogP contribution in [0.25, 0.3) is 11.0 Å². The number of para-hydroxylation sites is 2. The molecule has 3 aromatic carbocycles. The SMILES string of the molecule is CC(C)=CCn1c(N2CCCN(CCC3(c4ccccc4)CCN(C(=O)c4ccccc4)C3)CC2)nc2ccccc21. The first-order valence-electron chi connectivity index (χ1n) is 15.5. The Morgan fingerprint density at radius 2 is 1.60 bits per heavy atom. The molecular formula is C36H43N5O. The quantitative estimate of drug-likeness (QED) is 0.234. The number of anilines is 1. The normalized spacial score (nSPS) is 19.7. The number of carbonyl (C=O) groups is 1. The molecule has 218 valence electrons. The number of benzene rings is 3. The van der Waals surface area contributed by atoms with Gasteiger partial charge in [0.1, 0.15) is 0 Å². The summed E-state index contributed by atoms with van der Waals surface area (Å²) in [7, 11) is 0. The molecule has 0 spiro atoms. The summed E-state index contributed by atoms with van der Waals surface area (Å²) in [6, 6.07) is 29.1. The van der Waals surface area contributed by atoms with E-state index in [2.05, 4.69) is 93.8 Å². The summed E-state index contributed by atoms with van der Waals surface area (Å²) in [5.74, 6) is 1.23. The summed E-state index contributed by atoms with van der Waals surface area (Å²) in [6.07, 6.45) is 5.46. The van der Waals surface area contributed by atoms with E-state index in [0.29, 0.717) is 0 Å². The smallest absolute Gasteiger partial charge is 0.253 e. The van der Waals surface area contributed by atoms with Gasteiger partial charge in [-0.15, -0.1) is 0 Å². The molecule has 0 saturated carbocycles. The first kappa shape index (κ1) is 28.2. The maximum atomic E-state index is 13.4. The molecule has 3 heterocycles. The lowest BCUT2D eigenvalue weighted by Crippen LogP contribution is -2.39. The Bertz CT molecular complexity index is 1520. The lowest BCUT2D eigenvalue weighted by molar-refractivity contribution is 0.0781.